The molecule has 0 amide bonds. The number of hydrogen-bond donors (Lipinski definition) is 2. The summed E-state index contributed by atoms with van der Waals surface area (Å²) in [7, 11) is 0. The Labute approximate surface area is 230 Å². The lowest BCUT2D eigenvalue weighted by Gasteiger charge is -2.45. The molecule has 0 saturated heterocycles. The predicted molar refractivity (Wildman–Crippen MR) is 154 cm³/mol. The molecule has 1 aliphatic heterocycles. The van der Waals surface area contributed by atoms with Gasteiger partial charge in [0, 0.05) is 49.9 Å². The van der Waals surface area contributed by atoms with Crippen molar-refractivity contribution in [3.63, 3.8) is 0 Å². The van der Waals surface area contributed by atoms with Crippen molar-refractivity contribution in [2.75, 3.05) is 4.90 Å². The van der Waals surface area contributed by atoms with Gasteiger partial charge in [0.2, 0.25) is 0 Å². The van der Waals surface area contributed by atoms with E-state index in [2.05, 4.69) is 29.8 Å². The fraction of sp³-hybridized carbons (Fsp3) is 0.226. The average molecular weight is 576 g/mol. The second-order valence-electron chi connectivity index (χ2n) is 10.5. The van der Waals surface area contributed by atoms with Gasteiger partial charge in [-0.3, -0.25) is 15.1 Å². The van der Waals surface area contributed by atoms with Crippen molar-refractivity contribution in [1.82, 2.24) is 0 Å². The van der Waals surface area contributed by atoms with Crippen molar-refractivity contribution in [3.8, 4) is 0 Å². The third kappa shape index (κ3) is 4.67. The van der Waals surface area contributed by atoms with Gasteiger partial charge in [0.15, 0.2) is 5.78 Å². The van der Waals surface area contributed by atoms with Crippen molar-refractivity contribution < 1.29 is 9.90 Å². The summed E-state index contributed by atoms with van der Waals surface area (Å²) < 4.78 is 0.864. The molecule has 6 heteroatoms. The van der Waals surface area contributed by atoms with Crippen LogP contribution >= 0.6 is 27.5 Å². The second kappa shape index (κ2) is 9.62. The van der Waals surface area contributed by atoms with Crippen LogP contribution in [0, 0.1) is 17.7 Å². The Hall–Kier alpha value is -3.15. The Bertz CT molecular complexity index is 1490. The number of allylic oxidation sites excluding steroid dienone is 2. The molecule has 0 fully saturated rings. The van der Waals surface area contributed by atoms with Gasteiger partial charge in [-0.1, -0.05) is 95.5 Å². The van der Waals surface area contributed by atoms with Crippen LogP contribution in [0.5, 0.6) is 0 Å². The van der Waals surface area contributed by atoms with Crippen LogP contribution in [0.15, 0.2) is 94.1 Å². The van der Waals surface area contributed by atoms with Gasteiger partial charge in [0.1, 0.15) is 11.6 Å². The molecule has 2 aliphatic rings. The minimum Gasteiger partial charge on any atom is -0.507 e. The lowest BCUT2D eigenvalue weighted by Crippen LogP contribution is -2.45. The number of nitrogens with one attached hydrogen (secondary N) is 1. The van der Waals surface area contributed by atoms with Crippen LogP contribution < -0.4 is 4.90 Å². The maximum Gasteiger partial charge on any atom is 0.162 e. The van der Waals surface area contributed by atoms with Gasteiger partial charge in [-0.05, 0) is 48.6 Å². The van der Waals surface area contributed by atoms with E-state index >= 15 is 0 Å². The van der Waals surface area contributed by atoms with Gasteiger partial charge >= 0.3 is 0 Å². The number of anilines is 1. The number of Topliss-reactive ketones (excluding diaryl/α,β-unsaturated/α-hetero) is 1. The molecule has 4 nitrogen and oxygen atoms in total. The molecule has 3 aromatic carbocycles. The first-order chi connectivity index (χ1) is 17.6. The third-order valence-electron chi connectivity index (χ3n) is 7.09. The number of aliphatic hydroxyl groups is 1. The number of hydrogen-bond acceptors (Lipinski definition) is 3. The van der Waals surface area contributed by atoms with Gasteiger partial charge in [-0.15, -0.1) is 0 Å². The van der Waals surface area contributed by atoms with E-state index in [-0.39, 0.29) is 22.8 Å². The zero-order chi connectivity index (χ0) is 26.5. The molecular weight excluding hydrogens is 548 g/mol. The van der Waals surface area contributed by atoms with Gasteiger partial charge in [-0.25, -0.2) is 0 Å². The van der Waals surface area contributed by atoms with Crippen LogP contribution in [0.25, 0.3) is 5.76 Å². The quantitative estimate of drug-likeness (QED) is 0.307. The number of nitrogens with zero attached hydrogens (tertiary/aromatic N) is 1. The molecule has 1 aliphatic carbocycles. The van der Waals surface area contributed by atoms with E-state index in [9.17, 15) is 15.3 Å². The van der Waals surface area contributed by atoms with E-state index in [1.807, 2.05) is 78.6 Å². The number of rotatable bonds is 3. The zero-order valence-electron chi connectivity index (χ0n) is 21.0. The topological polar surface area (TPSA) is 64.4 Å². The summed E-state index contributed by atoms with van der Waals surface area (Å²) in [4.78, 5) is 15.8. The largest absolute Gasteiger partial charge is 0.507 e. The molecule has 5 rings (SSSR count). The smallest absolute Gasteiger partial charge is 0.162 e. The second-order valence-corrected chi connectivity index (χ2v) is 11.9. The number of ketones is 1. The number of aliphatic hydroxyl groups excluding tert-OH is 1. The van der Waals surface area contributed by atoms with E-state index < -0.39 is 5.92 Å². The molecule has 2 N–H and O–H groups in total. The number of carbonyl (C=O) groups is 1. The van der Waals surface area contributed by atoms with Crippen LogP contribution in [0.4, 0.5) is 5.69 Å². The van der Waals surface area contributed by atoms with Gasteiger partial charge in [0.25, 0.3) is 0 Å². The Kier molecular flexibility index (Phi) is 6.63. The molecule has 1 heterocycles. The summed E-state index contributed by atoms with van der Waals surface area (Å²) in [5.74, 6) is -0.549. The van der Waals surface area contributed by atoms with Crippen LogP contribution in [0.2, 0.25) is 5.02 Å². The maximum absolute atomic E-state index is 13.9. The van der Waals surface area contributed by atoms with Crippen molar-refractivity contribution in [3.05, 3.63) is 116 Å². The van der Waals surface area contributed by atoms with Gasteiger partial charge < -0.3 is 5.11 Å². The number of aryl methyl sites for hydroxylation is 1. The minimum atomic E-state index is -0.662. The van der Waals surface area contributed by atoms with Crippen molar-refractivity contribution in [2.24, 2.45) is 5.41 Å². The molecular formula is C31H28BrClN2O2. The molecule has 0 saturated carbocycles. The first-order valence-corrected chi connectivity index (χ1v) is 13.4. The van der Waals surface area contributed by atoms with E-state index in [0.717, 1.165) is 21.4 Å². The summed E-state index contributed by atoms with van der Waals surface area (Å²) in [5.41, 5.74) is 4.58. The van der Waals surface area contributed by atoms with E-state index in [1.54, 1.807) is 6.07 Å². The molecule has 37 heavy (non-hydrogen) atoms. The summed E-state index contributed by atoms with van der Waals surface area (Å²) >= 11 is 10.3. The zero-order valence-corrected chi connectivity index (χ0v) is 23.3. The first kappa shape index (κ1) is 25.5. The van der Waals surface area contributed by atoms with E-state index in [4.69, 9.17) is 11.6 Å². The predicted octanol–water partition coefficient (Wildman–Crippen LogP) is 8.60. The highest BCUT2D eigenvalue weighted by Crippen LogP contribution is 2.52. The Morgan fingerprint density at radius 3 is 2.43 bits per heavy atom. The summed E-state index contributed by atoms with van der Waals surface area (Å²) in [6, 6.07) is 22.6. The van der Waals surface area contributed by atoms with Crippen molar-refractivity contribution >= 4 is 50.6 Å². The monoisotopic (exact) mass is 574 g/mol. The molecule has 1 unspecified atom stereocenters. The van der Waals surface area contributed by atoms with Crippen LogP contribution in [-0.2, 0) is 4.79 Å². The highest BCUT2D eigenvalue weighted by molar-refractivity contribution is 9.10. The number of amidine groups is 1. The maximum atomic E-state index is 13.9. The van der Waals surface area contributed by atoms with Gasteiger partial charge in [-0.2, -0.15) is 0 Å². The number of halogens is 2. The highest BCUT2D eigenvalue weighted by atomic mass is 79.9. The van der Waals surface area contributed by atoms with Crippen LogP contribution in [0.1, 0.15) is 49.3 Å². The first-order valence-electron chi connectivity index (χ1n) is 12.2. The summed E-state index contributed by atoms with van der Waals surface area (Å²) in [5, 5.41) is 21.8. The Morgan fingerprint density at radius 1 is 1.05 bits per heavy atom. The molecule has 0 aromatic heterocycles. The minimum absolute atomic E-state index is 0.0119. The molecule has 0 radical (unpaired) electrons. The number of benzene rings is 3. The SMILES string of the molecule is Cc1ccc(/C(O)=C2\C(=N)N(c3cccc(Br)c3)C3=C(C(=O)CC(C)(C)C3)C2c2ccccc2Cl)cc1. The third-order valence-corrected chi connectivity index (χ3v) is 7.92. The molecule has 0 bridgehead atoms. The Morgan fingerprint density at radius 2 is 1.76 bits per heavy atom. The molecule has 1 atom stereocenters. The highest BCUT2D eigenvalue weighted by Gasteiger charge is 2.47. The Balaban J connectivity index is 1.87. The average Bonchev–Trinajstić information content (AvgIpc) is 2.83. The van der Waals surface area contributed by atoms with Gasteiger partial charge in [0.05, 0.1) is 0 Å². The molecule has 188 valence electrons. The van der Waals surface area contributed by atoms with E-state index in [1.165, 1.54) is 0 Å². The lowest BCUT2D eigenvalue weighted by atomic mass is 9.67. The van der Waals surface area contributed by atoms with E-state index in [0.29, 0.717) is 40.1 Å². The summed E-state index contributed by atoms with van der Waals surface area (Å²) in [6.07, 6.45) is 0.994. The molecule has 0 spiro atoms. The summed E-state index contributed by atoms with van der Waals surface area (Å²) in [6.45, 7) is 6.14. The standard InChI is InChI=1S/C31H28BrClN2O2/c1-18-11-13-19(14-12-18)29(37)28-26(22-9-4-5-10-23(22)33)27-24(16-31(2,3)17-25(27)36)35(30(28)34)21-8-6-7-20(32)15-21/h4-15,26,34,37H,16-17H2,1-3H3/b29-28+,34-30?. The van der Waals surface area contributed by atoms with Crippen molar-refractivity contribution in [2.45, 2.75) is 39.5 Å². The molecule has 3 aromatic rings. The normalized spacial score (nSPS) is 20.7. The van der Waals surface area contributed by atoms with Crippen LogP contribution in [-0.4, -0.2) is 16.7 Å². The van der Waals surface area contributed by atoms with Crippen LogP contribution in [0.3, 0.4) is 0 Å². The lowest BCUT2D eigenvalue weighted by molar-refractivity contribution is -0.118. The fourth-order valence-corrected chi connectivity index (χ4v) is 6.03. The number of carbonyl (C=O) groups excluding carboxylic acids is 1. The van der Waals surface area contributed by atoms with Crippen molar-refractivity contribution in [1.29, 1.82) is 5.41 Å². The fourth-order valence-electron chi connectivity index (χ4n) is 5.40.